The Morgan fingerprint density at radius 2 is 1.69 bits per heavy atom. The first-order chi connectivity index (χ1) is 18.9. The molecule has 3 amide bonds. The molecule has 39 heavy (non-hydrogen) atoms. The smallest absolute Gasteiger partial charge is 0.318 e. The highest BCUT2D eigenvalue weighted by molar-refractivity contribution is 7.93. The number of benzene rings is 2. The predicted octanol–water partition coefficient (Wildman–Crippen LogP) is 3.36. The summed E-state index contributed by atoms with van der Waals surface area (Å²) in [6.07, 6.45) is 7.92. The van der Waals surface area contributed by atoms with Crippen molar-refractivity contribution >= 4 is 38.6 Å². The van der Waals surface area contributed by atoms with Crippen molar-refractivity contribution in [3.05, 3.63) is 90.3 Å². The number of aromatic nitrogens is 1. The maximum absolute atomic E-state index is 13.1. The summed E-state index contributed by atoms with van der Waals surface area (Å²) in [5.41, 5.74) is 1.16. The van der Waals surface area contributed by atoms with Crippen molar-refractivity contribution < 1.29 is 22.7 Å². The van der Waals surface area contributed by atoms with Crippen molar-refractivity contribution in [2.24, 2.45) is 0 Å². The number of hydrogen-bond acceptors (Lipinski definition) is 6. The lowest BCUT2D eigenvalue weighted by Crippen LogP contribution is -2.54. The van der Waals surface area contributed by atoms with Crippen LogP contribution in [0.1, 0.15) is 16.8 Å². The minimum Gasteiger partial charge on any atom is -0.499 e. The molecule has 1 aliphatic heterocycles. The van der Waals surface area contributed by atoms with E-state index in [1.54, 1.807) is 71.6 Å². The molecular formula is C28H29N5O5S. The first kappa shape index (κ1) is 26.2. The lowest BCUT2D eigenvalue weighted by atomic mass is 10.1. The number of sulfonamides is 1. The highest BCUT2D eigenvalue weighted by Gasteiger charge is 2.27. The lowest BCUT2D eigenvalue weighted by Gasteiger charge is -2.35. The van der Waals surface area contributed by atoms with Gasteiger partial charge in [-0.2, -0.15) is 0 Å². The molecule has 2 aliphatic rings. The number of methoxy groups -OCH3 is 1. The van der Waals surface area contributed by atoms with Crippen LogP contribution < -0.4 is 10.0 Å². The van der Waals surface area contributed by atoms with Crippen molar-refractivity contribution in [1.29, 1.82) is 0 Å². The molecule has 1 unspecified atom stereocenters. The number of nitrogens with zero attached hydrogens (tertiary/aromatic N) is 3. The lowest BCUT2D eigenvalue weighted by molar-refractivity contribution is 0.0663. The van der Waals surface area contributed by atoms with Crippen LogP contribution in [0.2, 0.25) is 0 Å². The number of nitrogens with one attached hydrogen (secondary N) is 2. The molecule has 2 heterocycles. The van der Waals surface area contributed by atoms with E-state index < -0.39 is 10.0 Å². The monoisotopic (exact) mass is 547 g/mol. The standard InChI is InChI=1S/C28H29N5O5S/c1-38-24-9-3-2-8-23(24)30-28(35)33-18-16-32(17-19-33)27(34)21-11-13-22(14-12-21)31-39(36,37)25-10-4-6-20-7-5-15-29-26(20)25/h2-7,9-15,23,31H,8,16-19H2,1H3,(H,30,35). The van der Waals surface area contributed by atoms with Crippen molar-refractivity contribution in [3.63, 3.8) is 0 Å². The second-order valence-electron chi connectivity index (χ2n) is 9.23. The third kappa shape index (κ3) is 5.73. The number of rotatable bonds is 6. The Bertz CT molecular complexity index is 1540. The molecule has 1 aliphatic carbocycles. The first-order valence-electron chi connectivity index (χ1n) is 12.6. The number of ether oxygens (including phenoxy) is 1. The molecule has 11 heteroatoms. The van der Waals surface area contributed by atoms with E-state index in [2.05, 4.69) is 15.0 Å². The van der Waals surface area contributed by atoms with Crippen LogP contribution in [0.4, 0.5) is 10.5 Å². The number of piperazine rings is 1. The summed E-state index contributed by atoms with van der Waals surface area (Å²) in [5.74, 6) is 0.531. The molecule has 0 spiro atoms. The van der Waals surface area contributed by atoms with Gasteiger partial charge < -0.3 is 19.9 Å². The number of fused-ring (bicyclic) bond motifs is 1. The molecule has 0 bridgehead atoms. The van der Waals surface area contributed by atoms with Gasteiger partial charge in [-0.3, -0.25) is 14.5 Å². The summed E-state index contributed by atoms with van der Waals surface area (Å²) < 4.78 is 34.0. The van der Waals surface area contributed by atoms with Gasteiger partial charge in [-0.1, -0.05) is 30.4 Å². The van der Waals surface area contributed by atoms with Crippen LogP contribution >= 0.6 is 0 Å². The van der Waals surface area contributed by atoms with Gasteiger partial charge in [-0.25, -0.2) is 13.2 Å². The van der Waals surface area contributed by atoms with E-state index >= 15 is 0 Å². The molecule has 0 saturated carbocycles. The van der Waals surface area contributed by atoms with E-state index in [-0.39, 0.29) is 22.9 Å². The third-order valence-electron chi connectivity index (χ3n) is 6.77. The topological polar surface area (TPSA) is 121 Å². The molecule has 3 aromatic rings. The van der Waals surface area contributed by atoms with Crippen molar-refractivity contribution in [2.45, 2.75) is 17.4 Å². The van der Waals surface area contributed by atoms with Gasteiger partial charge in [0.25, 0.3) is 15.9 Å². The van der Waals surface area contributed by atoms with E-state index in [0.29, 0.717) is 55.1 Å². The minimum atomic E-state index is -3.89. The van der Waals surface area contributed by atoms with Crippen LogP contribution in [0.3, 0.4) is 0 Å². The normalized spacial score (nSPS) is 17.5. The molecule has 202 valence electrons. The average Bonchev–Trinajstić information content (AvgIpc) is 2.97. The molecule has 1 atom stereocenters. The second-order valence-corrected chi connectivity index (χ2v) is 10.9. The van der Waals surface area contributed by atoms with E-state index in [0.717, 1.165) is 5.39 Å². The quantitative estimate of drug-likeness (QED) is 0.488. The van der Waals surface area contributed by atoms with E-state index in [1.807, 2.05) is 18.2 Å². The zero-order valence-corrected chi connectivity index (χ0v) is 22.2. The van der Waals surface area contributed by atoms with Gasteiger partial charge in [-0.05, 0) is 48.9 Å². The number of para-hydroxylation sites is 1. The van der Waals surface area contributed by atoms with Gasteiger partial charge >= 0.3 is 6.03 Å². The van der Waals surface area contributed by atoms with Gasteiger partial charge in [0.1, 0.15) is 10.7 Å². The van der Waals surface area contributed by atoms with Gasteiger partial charge in [-0.15, -0.1) is 0 Å². The Balaban J connectivity index is 1.18. The van der Waals surface area contributed by atoms with E-state index in [9.17, 15) is 18.0 Å². The summed E-state index contributed by atoms with van der Waals surface area (Å²) in [6.45, 7) is 1.60. The second kappa shape index (κ2) is 11.2. The van der Waals surface area contributed by atoms with E-state index in [4.69, 9.17) is 4.74 Å². The Hall–Kier alpha value is -4.38. The molecule has 1 aromatic heterocycles. The van der Waals surface area contributed by atoms with Gasteiger partial charge in [0.2, 0.25) is 0 Å². The average molecular weight is 548 g/mol. The Labute approximate surface area is 227 Å². The maximum Gasteiger partial charge on any atom is 0.318 e. The number of amides is 3. The fourth-order valence-corrected chi connectivity index (χ4v) is 5.91. The molecule has 1 fully saturated rings. The zero-order valence-electron chi connectivity index (χ0n) is 21.4. The number of carbonyl (C=O) groups is 2. The summed E-state index contributed by atoms with van der Waals surface area (Å²) in [7, 11) is -2.31. The molecule has 10 nitrogen and oxygen atoms in total. The van der Waals surface area contributed by atoms with Crippen LogP contribution in [0.15, 0.2) is 89.7 Å². The van der Waals surface area contributed by atoms with E-state index in [1.165, 1.54) is 6.07 Å². The minimum absolute atomic E-state index is 0.0806. The maximum atomic E-state index is 13.1. The van der Waals surface area contributed by atoms with Gasteiger partial charge in [0.05, 0.1) is 18.7 Å². The highest BCUT2D eigenvalue weighted by atomic mass is 32.2. The molecular weight excluding hydrogens is 518 g/mol. The SMILES string of the molecule is COC1=CC=CCC1NC(=O)N1CCN(C(=O)c2ccc(NS(=O)(=O)c3cccc4cccnc34)cc2)CC1. The fraction of sp³-hybridized carbons (Fsp3) is 0.250. The Kier molecular flexibility index (Phi) is 7.51. The van der Waals surface area contributed by atoms with Gasteiger partial charge in [0.15, 0.2) is 0 Å². The summed E-state index contributed by atoms with van der Waals surface area (Å²) >= 11 is 0. The van der Waals surface area contributed by atoms with Crippen molar-refractivity contribution in [3.8, 4) is 0 Å². The van der Waals surface area contributed by atoms with Gasteiger partial charge in [0, 0.05) is 49.0 Å². The molecule has 1 saturated heterocycles. The molecule has 5 rings (SSSR count). The summed E-state index contributed by atoms with van der Waals surface area (Å²) in [5, 5.41) is 3.71. The van der Waals surface area contributed by atoms with Crippen LogP contribution in [-0.2, 0) is 14.8 Å². The zero-order chi connectivity index (χ0) is 27.4. The molecule has 2 N–H and O–H groups in total. The number of carbonyl (C=O) groups excluding carboxylic acids is 2. The number of anilines is 1. The summed E-state index contributed by atoms with van der Waals surface area (Å²) in [4.78, 5) is 33.5. The van der Waals surface area contributed by atoms with Crippen molar-refractivity contribution in [1.82, 2.24) is 20.1 Å². The third-order valence-corrected chi connectivity index (χ3v) is 8.18. The Morgan fingerprint density at radius 3 is 2.44 bits per heavy atom. The molecule has 2 aromatic carbocycles. The van der Waals surface area contributed by atoms with Crippen LogP contribution in [-0.4, -0.2) is 74.5 Å². The predicted molar refractivity (Wildman–Crippen MR) is 148 cm³/mol. The van der Waals surface area contributed by atoms with Crippen LogP contribution in [0.25, 0.3) is 10.9 Å². The fourth-order valence-electron chi connectivity index (χ4n) is 4.67. The summed E-state index contributed by atoms with van der Waals surface area (Å²) in [6, 6.07) is 14.4. The largest absolute Gasteiger partial charge is 0.499 e. The highest BCUT2D eigenvalue weighted by Crippen LogP contribution is 2.24. The number of pyridine rings is 1. The van der Waals surface area contributed by atoms with Crippen LogP contribution in [0.5, 0.6) is 0 Å². The van der Waals surface area contributed by atoms with Crippen LogP contribution in [0, 0.1) is 0 Å². The number of allylic oxidation sites excluding steroid dienone is 2. The first-order valence-corrected chi connectivity index (χ1v) is 14.1. The van der Waals surface area contributed by atoms with Crippen molar-refractivity contribution in [2.75, 3.05) is 38.0 Å². The number of urea groups is 1. The Morgan fingerprint density at radius 1 is 0.974 bits per heavy atom. The molecule has 0 radical (unpaired) electrons. The number of hydrogen-bond donors (Lipinski definition) is 2.